The van der Waals surface area contributed by atoms with Crippen LogP contribution in [0, 0.1) is 0 Å². The quantitative estimate of drug-likeness (QED) is 0.594. The Morgan fingerprint density at radius 3 is 2.54 bits per heavy atom. The molecule has 5 heteroatoms. The van der Waals surface area contributed by atoms with E-state index in [1.165, 1.54) is 7.05 Å². The highest BCUT2D eigenvalue weighted by molar-refractivity contribution is 5.79. The van der Waals surface area contributed by atoms with E-state index >= 15 is 0 Å². The average molecular weight is 187 g/mol. The Bertz CT molecular complexity index is 182. The van der Waals surface area contributed by atoms with Crippen LogP contribution in [0.2, 0.25) is 0 Å². The van der Waals surface area contributed by atoms with Crippen LogP contribution in [0.25, 0.3) is 0 Å². The molecule has 2 amide bonds. The molecule has 5 nitrogen and oxygen atoms in total. The van der Waals surface area contributed by atoms with Crippen LogP contribution >= 0.6 is 0 Å². The van der Waals surface area contributed by atoms with Crippen molar-refractivity contribution >= 4 is 12.0 Å². The summed E-state index contributed by atoms with van der Waals surface area (Å²) in [6, 6.07) is 0. The first-order chi connectivity index (χ1) is 6.07. The third-order valence-corrected chi connectivity index (χ3v) is 1.42. The summed E-state index contributed by atoms with van der Waals surface area (Å²) in [7, 11) is 1.43. The van der Waals surface area contributed by atoms with Crippen molar-refractivity contribution in [3.05, 3.63) is 0 Å². The Labute approximate surface area is 77.8 Å². The molecule has 0 aromatic carbocycles. The van der Waals surface area contributed by atoms with Crippen molar-refractivity contribution in [1.29, 1.82) is 0 Å². The third-order valence-electron chi connectivity index (χ3n) is 1.42. The normalized spacial score (nSPS) is 9.38. The Morgan fingerprint density at radius 2 is 2.08 bits per heavy atom. The summed E-state index contributed by atoms with van der Waals surface area (Å²) in [5.74, 6) is -0.796. The predicted molar refractivity (Wildman–Crippen MR) is 47.0 cm³/mol. The van der Waals surface area contributed by atoms with E-state index in [0.29, 0.717) is 6.61 Å². The van der Waals surface area contributed by atoms with E-state index in [-0.39, 0.29) is 6.54 Å². The molecule has 0 fully saturated rings. The number of nitrogens with one attached hydrogen (secondary N) is 1. The van der Waals surface area contributed by atoms with Gasteiger partial charge in [0.2, 0.25) is 0 Å². The van der Waals surface area contributed by atoms with Crippen molar-refractivity contribution < 1.29 is 14.3 Å². The minimum Gasteiger partial charge on any atom is -0.449 e. The maximum absolute atomic E-state index is 11.0. The number of unbranched alkanes of at least 4 members (excludes halogenated alkanes) is 1. The zero-order valence-corrected chi connectivity index (χ0v) is 8.00. The van der Waals surface area contributed by atoms with Crippen LogP contribution < -0.4 is 5.73 Å². The topological polar surface area (TPSA) is 70.4 Å². The summed E-state index contributed by atoms with van der Waals surface area (Å²) >= 11 is 0. The van der Waals surface area contributed by atoms with E-state index < -0.39 is 12.0 Å². The molecule has 0 saturated heterocycles. The first-order valence-electron chi connectivity index (χ1n) is 4.20. The smallest absolute Gasteiger partial charge is 0.409 e. The van der Waals surface area contributed by atoms with Crippen molar-refractivity contribution in [2.45, 2.75) is 19.8 Å². The van der Waals surface area contributed by atoms with Gasteiger partial charge in [0.15, 0.2) is 0 Å². The molecule has 0 atom stereocenters. The predicted octanol–water partition coefficient (Wildman–Crippen LogP) is 0.664. The van der Waals surface area contributed by atoms with Gasteiger partial charge in [-0.2, -0.15) is 0 Å². The van der Waals surface area contributed by atoms with Gasteiger partial charge in [-0.25, -0.2) is 4.79 Å². The van der Waals surface area contributed by atoms with Crippen LogP contribution in [0.1, 0.15) is 19.8 Å². The summed E-state index contributed by atoms with van der Waals surface area (Å²) in [6.07, 6.45) is 1.22. The molecule has 0 rings (SSSR count). The molecule has 0 aromatic heterocycles. The number of nitrogens with zero attached hydrogens (tertiary/aromatic N) is 1. The number of hydrogen-bond acceptors (Lipinski definition) is 3. The lowest BCUT2D eigenvalue weighted by atomic mass is 10.4. The fourth-order valence-corrected chi connectivity index (χ4v) is 0.694. The summed E-state index contributed by atoms with van der Waals surface area (Å²) in [6.45, 7) is 2.14. The highest BCUT2D eigenvalue weighted by Crippen LogP contribution is 1.93. The van der Waals surface area contributed by atoms with Gasteiger partial charge in [-0.1, -0.05) is 13.3 Å². The van der Waals surface area contributed by atoms with E-state index in [1.54, 1.807) is 0 Å². The number of hydrogen-bond donors (Lipinski definition) is 0. The average Bonchev–Trinajstić information content (AvgIpc) is 2.03. The summed E-state index contributed by atoms with van der Waals surface area (Å²) in [5, 5.41) is 0. The van der Waals surface area contributed by atoms with Crippen molar-refractivity contribution in [1.82, 2.24) is 10.6 Å². The van der Waals surface area contributed by atoms with E-state index in [9.17, 15) is 9.59 Å². The standard InChI is InChI=1S/C8H15N2O3/c1-3-4-5-13-8(12)10(2)6-7(9)11/h9H,3-6H2,1-2H3. The number of carbonyl (C=O) groups excluding carboxylic acids is 2. The van der Waals surface area contributed by atoms with Crippen LogP contribution in [0.4, 0.5) is 4.79 Å². The largest absolute Gasteiger partial charge is 0.449 e. The van der Waals surface area contributed by atoms with Crippen LogP contribution in [0.3, 0.4) is 0 Å². The minimum atomic E-state index is -0.796. The third kappa shape index (κ3) is 5.95. The van der Waals surface area contributed by atoms with Gasteiger partial charge < -0.3 is 9.64 Å². The molecular formula is C8H15N2O3. The van der Waals surface area contributed by atoms with Crippen molar-refractivity contribution in [3.63, 3.8) is 0 Å². The van der Waals surface area contributed by atoms with Gasteiger partial charge in [0.05, 0.1) is 6.61 Å². The first-order valence-corrected chi connectivity index (χ1v) is 4.20. The number of likely N-dealkylation sites (N-methyl/N-ethyl adjacent to an activating group) is 1. The summed E-state index contributed by atoms with van der Waals surface area (Å²) < 4.78 is 4.80. The van der Waals surface area contributed by atoms with Crippen molar-refractivity contribution in [2.75, 3.05) is 20.2 Å². The van der Waals surface area contributed by atoms with E-state index in [1.807, 2.05) is 6.92 Å². The SMILES string of the molecule is CCCCOC(=O)N(C)CC([NH])=O. The molecule has 0 heterocycles. The molecule has 0 aromatic rings. The molecular weight excluding hydrogens is 172 g/mol. The number of rotatable bonds is 5. The fourth-order valence-electron chi connectivity index (χ4n) is 0.694. The molecule has 0 saturated carbocycles. The molecule has 1 N–H and O–H groups in total. The van der Waals surface area contributed by atoms with Crippen LogP contribution in [0.5, 0.6) is 0 Å². The monoisotopic (exact) mass is 187 g/mol. The molecule has 0 aliphatic carbocycles. The molecule has 0 unspecified atom stereocenters. The van der Waals surface area contributed by atoms with Gasteiger partial charge in [0.1, 0.15) is 6.54 Å². The highest BCUT2D eigenvalue weighted by Gasteiger charge is 2.11. The maximum Gasteiger partial charge on any atom is 0.409 e. The molecule has 0 spiro atoms. The maximum atomic E-state index is 11.0. The lowest BCUT2D eigenvalue weighted by molar-refractivity contribution is -0.119. The molecule has 13 heavy (non-hydrogen) atoms. The van der Waals surface area contributed by atoms with Crippen molar-refractivity contribution in [3.8, 4) is 0 Å². The zero-order chi connectivity index (χ0) is 10.3. The van der Waals surface area contributed by atoms with Crippen LogP contribution in [0.15, 0.2) is 0 Å². The number of amides is 2. The second kappa shape index (κ2) is 6.28. The molecule has 75 valence electrons. The Kier molecular flexibility index (Phi) is 5.67. The van der Waals surface area contributed by atoms with E-state index in [2.05, 4.69) is 0 Å². The molecule has 0 aliphatic heterocycles. The first kappa shape index (κ1) is 11.7. The van der Waals surface area contributed by atoms with Gasteiger partial charge in [-0.3, -0.25) is 10.5 Å². The minimum absolute atomic E-state index is 0.217. The molecule has 0 bridgehead atoms. The summed E-state index contributed by atoms with van der Waals surface area (Å²) in [5.41, 5.74) is 6.63. The lowest BCUT2D eigenvalue weighted by Crippen LogP contribution is -2.33. The second-order valence-electron chi connectivity index (χ2n) is 2.75. The molecule has 1 radical (unpaired) electrons. The van der Waals surface area contributed by atoms with Gasteiger partial charge in [-0.15, -0.1) is 0 Å². The Hall–Kier alpha value is -1.26. The van der Waals surface area contributed by atoms with Crippen LogP contribution in [-0.2, 0) is 9.53 Å². The Morgan fingerprint density at radius 1 is 1.46 bits per heavy atom. The van der Waals surface area contributed by atoms with Crippen LogP contribution in [-0.4, -0.2) is 37.1 Å². The van der Waals surface area contributed by atoms with E-state index in [4.69, 9.17) is 10.5 Å². The number of ether oxygens (including phenoxy) is 1. The van der Waals surface area contributed by atoms with Gasteiger partial charge in [0, 0.05) is 7.05 Å². The molecule has 0 aliphatic rings. The lowest BCUT2D eigenvalue weighted by Gasteiger charge is -2.14. The Balaban J connectivity index is 3.63. The van der Waals surface area contributed by atoms with Gasteiger partial charge >= 0.3 is 6.09 Å². The zero-order valence-electron chi connectivity index (χ0n) is 8.00. The van der Waals surface area contributed by atoms with Gasteiger partial charge in [-0.05, 0) is 6.42 Å². The highest BCUT2D eigenvalue weighted by atomic mass is 16.6. The summed E-state index contributed by atoms with van der Waals surface area (Å²) in [4.78, 5) is 22.4. The van der Waals surface area contributed by atoms with Gasteiger partial charge in [0.25, 0.3) is 5.91 Å². The van der Waals surface area contributed by atoms with Crippen molar-refractivity contribution in [2.24, 2.45) is 0 Å². The fraction of sp³-hybridized carbons (Fsp3) is 0.750. The number of carbonyl (C=O) groups is 2. The second-order valence-corrected chi connectivity index (χ2v) is 2.75. The van der Waals surface area contributed by atoms with E-state index in [0.717, 1.165) is 17.7 Å².